The number of nitrogens with one attached hydrogen (secondary N) is 1. The number of hydrogen-bond acceptors (Lipinski definition) is 5. The Morgan fingerprint density at radius 3 is 2.13 bits per heavy atom. The van der Waals surface area contributed by atoms with Crippen LogP contribution in [0.4, 0.5) is 5.69 Å². The summed E-state index contributed by atoms with van der Waals surface area (Å²) in [6, 6.07) is 21.4. The van der Waals surface area contributed by atoms with E-state index >= 15 is 0 Å². The van der Waals surface area contributed by atoms with Crippen molar-refractivity contribution in [1.29, 1.82) is 5.26 Å². The second-order valence-corrected chi connectivity index (χ2v) is 6.75. The van der Waals surface area contributed by atoms with Gasteiger partial charge in [-0.2, -0.15) is 5.26 Å². The Balaban J connectivity index is 1.66. The molecule has 0 atom stereocenters. The highest BCUT2D eigenvalue weighted by Crippen LogP contribution is 2.19. The predicted octanol–water partition coefficient (Wildman–Crippen LogP) is 5.11. The molecule has 0 bridgehead atoms. The predicted molar refractivity (Wildman–Crippen MR) is 118 cm³/mol. The van der Waals surface area contributed by atoms with E-state index in [2.05, 4.69) is 5.32 Å². The van der Waals surface area contributed by atoms with E-state index in [0.29, 0.717) is 33.3 Å². The Morgan fingerprint density at radius 2 is 1.55 bits per heavy atom. The van der Waals surface area contributed by atoms with Crippen LogP contribution in [0.3, 0.4) is 0 Å². The summed E-state index contributed by atoms with van der Waals surface area (Å²) >= 11 is 5.82. The number of anilines is 1. The molecule has 0 radical (unpaired) electrons. The normalized spacial score (nSPS) is 10.7. The Labute approximate surface area is 184 Å². The van der Waals surface area contributed by atoms with Gasteiger partial charge in [0.2, 0.25) is 0 Å². The lowest BCUT2D eigenvalue weighted by Crippen LogP contribution is -2.13. The van der Waals surface area contributed by atoms with E-state index in [1.54, 1.807) is 79.9 Å². The molecule has 1 amide bonds. The second kappa shape index (κ2) is 10.1. The van der Waals surface area contributed by atoms with E-state index < -0.39 is 11.9 Å². The number of esters is 1. The summed E-state index contributed by atoms with van der Waals surface area (Å²) in [5.74, 6) is -0.0750. The third-order valence-corrected chi connectivity index (χ3v) is 4.45. The van der Waals surface area contributed by atoms with Crippen LogP contribution in [0, 0.1) is 11.3 Å². The van der Waals surface area contributed by atoms with Crippen LogP contribution in [0.1, 0.15) is 15.9 Å². The van der Waals surface area contributed by atoms with Gasteiger partial charge in [0, 0.05) is 10.7 Å². The van der Waals surface area contributed by atoms with Crippen LogP contribution in [-0.2, 0) is 4.79 Å². The summed E-state index contributed by atoms with van der Waals surface area (Å²) in [6.07, 6.45) is 1.44. The van der Waals surface area contributed by atoms with E-state index in [4.69, 9.17) is 21.1 Å². The summed E-state index contributed by atoms with van der Waals surface area (Å²) in [5.41, 5.74) is 1.44. The van der Waals surface area contributed by atoms with E-state index in [1.165, 1.54) is 6.08 Å². The van der Waals surface area contributed by atoms with Crippen molar-refractivity contribution in [2.45, 2.75) is 0 Å². The van der Waals surface area contributed by atoms with Gasteiger partial charge in [-0.05, 0) is 72.3 Å². The van der Waals surface area contributed by atoms with Crippen molar-refractivity contribution in [1.82, 2.24) is 0 Å². The van der Waals surface area contributed by atoms with Gasteiger partial charge in [-0.25, -0.2) is 4.79 Å². The summed E-state index contributed by atoms with van der Waals surface area (Å²) in [5, 5.41) is 12.5. The first kappa shape index (κ1) is 21.6. The highest BCUT2D eigenvalue weighted by atomic mass is 35.5. The average molecular weight is 433 g/mol. The Hall–Kier alpha value is -4.08. The van der Waals surface area contributed by atoms with Gasteiger partial charge in [0.1, 0.15) is 23.1 Å². The first-order valence-corrected chi connectivity index (χ1v) is 9.51. The highest BCUT2D eigenvalue weighted by Gasteiger charge is 2.11. The minimum atomic E-state index is -0.542. The molecule has 0 fully saturated rings. The smallest absolute Gasteiger partial charge is 0.343 e. The van der Waals surface area contributed by atoms with Crippen LogP contribution in [0.15, 0.2) is 78.4 Å². The number of benzene rings is 3. The number of nitriles is 1. The number of amides is 1. The van der Waals surface area contributed by atoms with E-state index in [0.717, 1.165) is 0 Å². The van der Waals surface area contributed by atoms with E-state index in [1.807, 2.05) is 6.07 Å². The zero-order chi connectivity index (χ0) is 22.2. The standard InChI is InChI=1S/C24H17ClN2O4/c1-30-21-12-4-17(5-13-21)24(29)31-22-10-2-16(3-11-22)14-18(15-26)23(28)27-20-8-6-19(25)7-9-20/h2-14H,1H3,(H,27,28)/b18-14-. The minimum Gasteiger partial charge on any atom is -0.497 e. The molecule has 0 aromatic heterocycles. The third-order valence-electron chi connectivity index (χ3n) is 4.19. The fourth-order valence-electron chi connectivity index (χ4n) is 2.57. The molecule has 1 N–H and O–H groups in total. The maximum atomic E-state index is 12.3. The number of methoxy groups -OCH3 is 1. The monoisotopic (exact) mass is 432 g/mol. The van der Waals surface area contributed by atoms with Crippen molar-refractivity contribution in [2.24, 2.45) is 0 Å². The minimum absolute atomic E-state index is 0.0714. The number of rotatable bonds is 6. The molecule has 0 aliphatic carbocycles. The van der Waals surface area contributed by atoms with Crippen molar-refractivity contribution >= 4 is 35.2 Å². The Bertz CT molecular complexity index is 1150. The van der Waals surface area contributed by atoms with Crippen molar-refractivity contribution in [3.8, 4) is 17.6 Å². The molecule has 0 aliphatic rings. The number of hydrogen-bond donors (Lipinski definition) is 1. The highest BCUT2D eigenvalue weighted by molar-refractivity contribution is 6.30. The first-order valence-electron chi connectivity index (χ1n) is 9.13. The molecule has 0 aliphatic heterocycles. The molecule has 7 heteroatoms. The lowest BCUT2D eigenvalue weighted by Gasteiger charge is -2.06. The van der Waals surface area contributed by atoms with Crippen LogP contribution in [0.25, 0.3) is 6.08 Å². The van der Waals surface area contributed by atoms with Gasteiger partial charge in [-0.15, -0.1) is 0 Å². The third kappa shape index (κ3) is 5.95. The molecule has 3 aromatic carbocycles. The molecule has 154 valence electrons. The number of nitrogens with zero attached hydrogens (tertiary/aromatic N) is 1. The molecule has 3 rings (SSSR count). The molecule has 0 unspecified atom stereocenters. The molecular formula is C24H17ClN2O4. The van der Waals surface area contributed by atoms with Gasteiger partial charge in [0.15, 0.2) is 0 Å². The van der Waals surface area contributed by atoms with E-state index in [9.17, 15) is 14.9 Å². The fraction of sp³-hybridized carbons (Fsp3) is 0.0417. The number of ether oxygens (including phenoxy) is 2. The topological polar surface area (TPSA) is 88.4 Å². The van der Waals surface area contributed by atoms with Crippen LogP contribution in [0.2, 0.25) is 5.02 Å². The maximum Gasteiger partial charge on any atom is 0.343 e. The Kier molecular flexibility index (Phi) is 7.05. The van der Waals surface area contributed by atoms with Crippen LogP contribution in [0.5, 0.6) is 11.5 Å². The van der Waals surface area contributed by atoms with Crippen molar-refractivity contribution < 1.29 is 19.1 Å². The van der Waals surface area contributed by atoms with Gasteiger partial charge in [0.25, 0.3) is 5.91 Å². The van der Waals surface area contributed by atoms with Crippen LogP contribution < -0.4 is 14.8 Å². The van der Waals surface area contributed by atoms with Gasteiger partial charge < -0.3 is 14.8 Å². The zero-order valence-electron chi connectivity index (χ0n) is 16.5. The van der Waals surface area contributed by atoms with Crippen molar-refractivity contribution in [3.05, 3.63) is 94.5 Å². The SMILES string of the molecule is COc1ccc(C(=O)Oc2ccc(/C=C(/C#N)C(=O)Nc3ccc(Cl)cc3)cc2)cc1. The Morgan fingerprint density at radius 1 is 0.935 bits per heavy atom. The summed E-state index contributed by atoms with van der Waals surface area (Å²) in [6.45, 7) is 0. The summed E-state index contributed by atoms with van der Waals surface area (Å²) in [7, 11) is 1.54. The van der Waals surface area contributed by atoms with Gasteiger partial charge >= 0.3 is 5.97 Å². The average Bonchev–Trinajstić information content (AvgIpc) is 2.80. The molecule has 3 aromatic rings. The van der Waals surface area contributed by atoms with Crippen LogP contribution in [-0.4, -0.2) is 19.0 Å². The number of carbonyl (C=O) groups is 2. The summed E-state index contributed by atoms with van der Waals surface area (Å²) in [4.78, 5) is 24.6. The number of carbonyl (C=O) groups excluding carboxylic acids is 2. The molecule has 31 heavy (non-hydrogen) atoms. The van der Waals surface area contributed by atoms with Crippen molar-refractivity contribution in [2.75, 3.05) is 12.4 Å². The lowest BCUT2D eigenvalue weighted by molar-refractivity contribution is -0.112. The van der Waals surface area contributed by atoms with E-state index in [-0.39, 0.29) is 5.57 Å². The van der Waals surface area contributed by atoms with Crippen LogP contribution >= 0.6 is 11.6 Å². The lowest BCUT2D eigenvalue weighted by atomic mass is 10.1. The quantitative estimate of drug-likeness (QED) is 0.253. The molecule has 0 saturated heterocycles. The van der Waals surface area contributed by atoms with Gasteiger partial charge in [0.05, 0.1) is 12.7 Å². The fourth-order valence-corrected chi connectivity index (χ4v) is 2.70. The maximum absolute atomic E-state index is 12.3. The second-order valence-electron chi connectivity index (χ2n) is 6.32. The summed E-state index contributed by atoms with van der Waals surface area (Å²) < 4.78 is 10.4. The zero-order valence-corrected chi connectivity index (χ0v) is 17.2. The van der Waals surface area contributed by atoms with Crippen molar-refractivity contribution in [3.63, 3.8) is 0 Å². The molecule has 0 heterocycles. The van der Waals surface area contributed by atoms with Gasteiger partial charge in [-0.1, -0.05) is 23.7 Å². The number of halogens is 1. The largest absolute Gasteiger partial charge is 0.497 e. The molecular weight excluding hydrogens is 416 g/mol. The molecule has 6 nitrogen and oxygen atoms in total. The first-order chi connectivity index (χ1) is 15.0. The molecule has 0 saturated carbocycles. The molecule has 0 spiro atoms. The van der Waals surface area contributed by atoms with Gasteiger partial charge in [-0.3, -0.25) is 4.79 Å².